The lowest BCUT2D eigenvalue weighted by atomic mass is 9.93. The first kappa shape index (κ1) is 22.1. The van der Waals surface area contributed by atoms with E-state index in [4.69, 9.17) is 0 Å². The second-order valence-electron chi connectivity index (χ2n) is 7.12. The number of carbonyl (C=O) groups is 2. The highest BCUT2D eigenvalue weighted by Gasteiger charge is 2.26. The lowest BCUT2D eigenvalue weighted by molar-refractivity contribution is -0.133. The van der Waals surface area contributed by atoms with Crippen LogP contribution in [0.4, 0.5) is 5.69 Å². The predicted octanol–water partition coefficient (Wildman–Crippen LogP) is 2.38. The minimum atomic E-state index is -0.633. The summed E-state index contributed by atoms with van der Waals surface area (Å²) in [4.78, 5) is 32.0. The van der Waals surface area contributed by atoms with Gasteiger partial charge in [0.15, 0.2) is 0 Å². The lowest BCUT2D eigenvalue weighted by Crippen LogP contribution is -2.45. The number of hydrogen-bond acceptors (Lipinski definition) is 6. The minimum absolute atomic E-state index is 0.138. The number of amides is 1. The molecule has 0 saturated carbocycles. The molecule has 0 radical (unpaired) electrons. The third-order valence-electron chi connectivity index (χ3n) is 4.72. The van der Waals surface area contributed by atoms with Gasteiger partial charge in [0, 0.05) is 31.7 Å². The average Bonchev–Trinajstić information content (AvgIpc) is 2.73. The molecule has 1 aromatic carbocycles. The van der Waals surface area contributed by atoms with Gasteiger partial charge in [-0.15, -0.1) is 0 Å². The van der Waals surface area contributed by atoms with E-state index >= 15 is 0 Å². The van der Waals surface area contributed by atoms with Gasteiger partial charge in [0.2, 0.25) is 5.91 Å². The Balaban J connectivity index is 2.41. The van der Waals surface area contributed by atoms with E-state index in [2.05, 4.69) is 16.4 Å². The molecule has 0 saturated heterocycles. The van der Waals surface area contributed by atoms with Gasteiger partial charge in [-0.3, -0.25) is 9.78 Å². The summed E-state index contributed by atoms with van der Waals surface area (Å²) in [6, 6.07) is 11.1. The number of anilines is 1. The van der Waals surface area contributed by atoms with Gasteiger partial charge < -0.3 is 19.9 Å². The van der Waals surface area contributed by atoms with Crippen molar-refractivity contribution in [2.45, 2.75) is 18.9 Å². The molecule has 2 rings (SSSR count). The summed E-state index contributed by atoms with van der Waals surface area (Å²) < 4.78 is 0. The van der Waals surface area contributed by atoms with E-state index in [0.29, 0.717) is 0 Å². The van der Waals surface area contributed by atoms with Crippen LogP contribution in [0.1, 0.15) is 18.4 Å². The summed E-state index contributed by atoms with van der Waals surface area (Å²) in [7, 11) is 5.38. The number of carbonyl (C=O) groups excluding carboxylic acids is 2. The monoisotopic (exact) mass is 393 g/mol. The van der Waals surface area contributed by atoms with Crippen LogP contribution < -0.4 is 5.32 Å². The molecular weight excluding hydrogens is 366 g/mol. The van der Waals surface area contributed by atoms with Gasteiger partial charge in [-0.1, -0.05) is 6.07 Å². The molecule has 1 amide bonds. The molecule has 0 spiro atoms. The number of likely N-dealkylation sites (N-methyl/N-ethyl adjacent to an activating group) is 1. The fourth-order valence-electron chi connectivity index (χ4n) is 3.15. The SMILES string of the molecule is CNc1ccc(-c2ccncc2)cc1C(C=O)CN(C(=O)CN(C)C)C(C)C#N. The molecule has 7 nitrogen and oxygen atoms in total. The predicted molar refractivity (Wildman–Crippen MR) is 113 cm³/mol. The second kappa shape index (κ2) is 10.3. The number of aldehydes is 1. The van der Waals surface area contributed by atoms with Crippen LogP contribution in [-0.4, -0.2) is 67.3 Å². The molecule has 1 aromatic heterocycles. The Morgan fingerprint density at radius 2 is 1.93 bits per heavy atom. The van der Waals surface area contributed by atoms with E-state index in [1.54, 1.807) is 45.4 Å². The molecule has 1 N–H and O–H groups in total. The van der Waals surface area contributed by atoms with Crippen molar-refractivity contribution >= 4 is 17.9 Å². The van der Waals surface area contributed by atoms with Crippen molar-refractivity contribution in [1.82, 2.24) is 14.8 Å². The minimum Gasteiger partial charge on any atom is -0.388 e. The highest BCUT2D eigenvalue weighted by Crippen LogP contribution is 2.30. The Hall–Kier alpha value is -3.24. The Labute approximate surface area is 172 Å². The highest BCUT2D eigenvalue weighted by atomic mass is 16.2. The fraction of sp³-hybridized carbons (Fsp3) is 0.364. The van der Waals surface area contributed by atoms with Gasteiger partial charge in [0.05, 0.1) is 18.5 Å². The normalized spacial score (nSPS) is 12.7. The van der Waals surface area contributed by atoms with Gasteiger partial charge in [-0.2, -0.15) is 5.26 Å². The fourth-order valence-corrected chi connectivity index (χ4v) is 3.15. The summed E-state index contributed by atoms with van der Waals surface area (Å²) in [5, 5.41) is 12.5. The van der Waals surface area contributed by atoms with Crippen LogP contribution in [0.5, 0.6) is 0 Å². The molecule has 2 aromatic rings. The first-order valence-electron chi connectivity index (χ1n) is 9.42. The Bertz CT molecular complexity index is 877. The van der Waals surface area contributed by atoms with Gasteiger partial charge in [-0.05, 0) is 62.0 Å². The molecule has 0 fully saturated rings. The van der Waals surface area contributed by atoms with E-state index in [0.717, 1.165) is 28.7 Å². The van der Waals surface area contributed by atoms with Gasteiger partial charge >= 0.3 is 0 Å². The van der Waals surface area contributed by atoms with Crippen molar-refractivity contribution in [3.63, 3.8) is 0 Å². The number of rotatable bonds is 9. The van der Waals surface area contributed by atoms with E-state index in [-0.39, 0.29) is 19.0 Å². The van der Waals surface area contributed by atoms with Gasteiger partial charge in [0.1, 0.15) is 12.3 Å². The van der Waals surface area contributed by atoms with Crippen molar-refractivity contribution in [2.24, 2.45) is 0 Å². The molecule has 2 unspecified atom stereocenters. The second-order valence-corrected chi connectivity index (χ2v) is 7.12. The molecule has 1 heterocycles. The van der Waals surface area contributed by atoms with Crippen molar-refractivity contribution in [1.29, 1.82) is 5.26 Å². The largest absolute Gasteiger partial charge is 0.388 e. The Morgan fingerprint density at radius 3 is 2.48 bits per heavy atom. The van der Waals surface area contributed by atoms with Crippen LogP contribution in [0, 0.1) is 11.3 Å². The Morgan fingerprint density at radius 1 is 1.24 bits per heavy atom. The van der Waals surface area contributed by atoms with Crippen LogP contribution in [0.15, 0.2) is 42.7 Å². The topological polar surface area (TPSA) is 89.3 Å². The molecule has 2 atom stereocenters. The Kier molecular flexibility index (Phi) is 7.87. The summed E-state index contributed by atoms with van der Waals surface area (Å²) in [5.41, 5.74) is 3.53. The number of benzene rings is 1. The molecule has 29 heavy (non-hydrogen) atoms. The van der Waals surface area contributed by atoms with E-state index in [1.807, 2.05) is 30.3 Å². The van der Waals surface area contributed by atoms with Crippen LogP contribution in [-0.2, 0) is 9.59 Å². The first-order valence-corrected chi connectivity index (χ1v) is 9.42. The molecule has 0 aliphatic rings. The average molecular weight is 393 g/mol. The van der Waals surface area contributed by atoms with Crippen LogP contribution in [0.3, 0.4) is 0 Å². The van der Waals surface area contributed by atoms with E-state index in [1.165, 1.54) is 4.90 Å². The van der Waals surface area contributed by atoms with Crippen molar-refractivity contribution in [2.75, 3.05) is 39.5 Å². The van der Waals surface area contributed by atoms with E-state index in [9.17, 15) is 14.9 Å². The van der Waals surface area contributed by atoms with Gasteiger partial charge in [0.25, 0.3) is 0 Å². The number of nitrogens with one attached hydrogen (secondary N) is 1. The zero-order valence-electron chi connectivity index (χ0n) is 17.3. The molecule has 0 aliphatic heterocycles. The molecule has 0 bridgehead atoms. The first-order chi connectivity index (χ1) is 13.9. The summed E-state index contributed by atoms with van der Waals surface area (Å²) in [6.07, 6.45) is 4.27. The van der Waals surface area contributed by atoms with Crippen molar-refractivity contribution in [3.05, 3.63) is 48.3 Å². The molecule has 0 aliphatic carbocycles. The van der Waals surface area contributed by atoms with Crippen LogP contribution in [0.25, 0.3) is 11.1 Å². The molecule has 152 valence electrons. The molecular formula is C22H27N5O2. The summed E-state index contributed by atoms with van der Waals surface area (Å²) >= 11 is 0. The maximum absolute atomic E-state index is 12.7. The number of hydrogen-bond donors (Lipinski definition) is 1. The zero-order valence-corrected chi connectivity index (χ0v) is 17.3. The van der Waals surface area contributed by atoms with Crippen molar-refractivity contribution < 1.29 is 9.59 Å². The quantitative estimate of drug-likeness (QED) is 0.658. The standard InChI is InChI=1S/C22H27N5O2/c1-16(12-23)27(22(29)14-26(3)4)13-19(15-28)20-11-18(5-6-21(20)24-2)17-7-9-25-10-8-17/h5-11,15-16,19,24H,13-14H2,1-4H3. The summed E-state index contributed by atoms with van der Waals surface area (Å²) in [6.45, 7) is 1.98. The maximum atomic E-state index is 12.7. The third kappa shape index (κ3) is 5.62. The third-order valence-corrected chi connectivity index (χ3v) is 4.72. The maximum Gasteiger partial charge on any atom is 0.237 e. The summed E-state index contributed by atoms with van der Waals surface area (Å²) in [5.74, 6) is -0.756. The molecule has 7 heteroatoms. The zero-order chi connectivity index (χ0) is 21.4. The van der Waals surface area contributed by atoms with Crippen LogP contribution >= 0.6 is 0 Å². The number of pyridine rings is 1. The van der Waals surface area contributed by atoms with Crippen LogP contribution in [0.2, 0.25) is 0 Å². The number of nitrogens with zero attached hydrogens (tertiary/aromatic N) is 4. The highest BCUT2D eigenvalue weighted by molar-refractivity contribution is 5.80. The van der Waals surface area contributed by atoms with E-state index < -0.39 is 12.0 Å². The smallest absolute Gasteiger partial charge is 0.237 e. The van der Waals surface area contributed by atoms with Crippen molar-refractivity contribution in [3.8, 4) is 17.2 Å². The number of aromatic nitrogens is 1. The van der Waals surface area contributed by atoms with Gasteiger partial charge in [-0.25, -0.2) is 0 Å². The number of nitriles is 1. The lowest BCUT2D eigenvalue weighted by Gasteiger charge is -2.29.